The fourth-order valence-corrected chi connectivity index (χ4v) is 1.36. The molecule has 0 aliphatic rings. The van der Waals surface area contributed by atoms with Gasteiger partial charge >= 0.3 is 5.97 Å². The largest absolute Gasteiger partial charge is 0.481 e. The van der Waals surface area contributed by atoms with Gasteiger partial charge in [-0.15, -0.1) is 0 Å². The van der Waals surface area contributed by atoms with Crippen LogP contribution in [-0.4, -0.2) is 36.2 Å². The second-order valence-electron chi connectivity index (χ2n) is 4.04. The number of hydrogen-bond donors (Lipinski definition) is 2. The Kier molecular flexibility index (Phi) is 7.54. The number of hydrogen-bond acceptors (Lipinski definition) is 3. The minimum atomic E-state index is -0.873. The van der Waals surface area contributed by atoms with Crippen LogP contribution in [0.3, 0.4) is 0 Å². The van der Waals surface area contributed by atoms with Gasteiger partial charge in [0.05, 0.1) is 6.61 Å². The van der Waals surface area contributed by atoms with E-state index >= 15 is 0 Å². The molecule has 0 aromatic heterocycles. The molecule has 5 nitrogen and oxygen atoms in total. The zero-order chi connectivity index (χ0) is 12.6. The smallest absolute Gasteiger partial charge is 0.303 e. The van der Waals surface area contributed by atoms with Crippen LogP contribution in [0.15, 0.2) is 0 Å². The van der Waals surface area contributed by atoms with Crippen molar-refractivity contribution in [2.45, 2.75) is 39.7 Å². The van der Waals surface area contributed by atoms with Crippen molar-refractivity contribution in [1.82, 2.24) is 5.32 Å². The molecule has 0 rings (SSSR count). The molecule has 1 amide bonds. The molecule has 5 heteroatoms. The average Bonchev–Trinajstić information content (AvgIpc) is 2.12. The van der Waals surface area contributed by atoms with Crippen LogP contribution in [0, 0.1) is 5.92 Å². The standard InChI is InChI=1S/C11H21NO4/c1-4-16-7-9(3)12-10(13)5-8(2)6-11(14)15/h8-9H,4-7H2,1-3H3,(H,12,13)(H,14,15). The van der Waals surface area contributed by atoms with E-state index in [1.807, 2.05) is 13.8 Å². The summed E-state index contributed by atoms with van der Waals surface area (Å²) in [6.07, 6.45) is 0.260. The highest BCUT2D eigenvalue weighted by Crippen LogP contribution is 2.07. The van der Waals surface area contributed by atoms with Crippen LogP contribution in [0.1, 0.15) is 33.6 Å². The van der Waals surface area contributed by atoms with E-state index in [-0.39, 0.29) is 30.7 Å². The lowest BCUT2D eigenvalue weighted by molar-refractivity contribution is -0.138. The number of nitrogens with one attached hydrogen (secondary N) is 1. The van der Waals surface area contributed by atoms with Crippen molar-refractivity contribution in [1.29, 1.82) is 0 Å². The summed E-state index contributed by atoms with van der Waals surface area (Å²) < 4.78 is 5.16. The quantitative estimate of drug-likeness (QED) is 0.654. The van der Waals surface area contributed by atoms with Crippen LogP contribution in [-0.2, 0) is 14.3 Å². The number of amides is 1. The average molecular weight is 231 g/mol. The van der Waals surface area contributed by atoms with E-state index in [2.05, 4.69) is 5.32 Å². The Morgan fingerprint density at radius 2 is 1.94 bits per heavy atom. The lowest BCUT2D eigenvalue weighted by Crippen LogP contribution is -2.36. The van der Waals surface area contributed by atoms with Crippen molar-refractivity contribution in [3.8, 4) is 0 Å². The SMILES string of the molecule is CCOCC(C)NC(=O)CC(C)CC(=O)O. The summed E-state index contributed by atoms with van der Waals surface area (Å²) in [7, 11) is 0. The highest BCUT2D eigenvalue weighted by atomic mass is 16.5. The third kappa shape index (κ3) is 8.23. The second-order valence-corrected chi connectivity index (χ2v) is 4.04. The van der Waals surface area contributed by atoms with Gasteiger partial charge in [0.25, 0.3) is 0 Å². The maximum absolute atomic E-state index is 11.4. The zero-order valence-electron chi connectivity index (χ0n) is 10.2. The van der Waals surface area contributed by atoms with Crippen LogP contribution in [0.4, 0.5) is 0 Å². The lowest BCUT2D eigenvalue weighted by Gasteiger charge is -2.15. The van der Waals surface area contributed by atoms with Gasteiger partial charge in [-0.2, -0.15) is 0 Å². The van der Waals surface area contributed by atoms with Crippen molar-refractivity contribution in [2.24, 2.45) is 5.92 Å². The molecular weight excluding hydrogens is 210 g/mol. The Labute approximate surface area is 96.2 Å². The Balaban J connectivity index is 3.76. The molecule has 0 aliphatic heterocycles. The molecule has 0 saturated heterocycles. The zero-order valence-corrected chi connectivity index (χ0v) is 10.2. The normalized spacial score (nSPS) is 14.2. The Hall–Kier alpha value is -1.10. The van der Waals surface area contributed by atoms with Gasteiger partial charge in [-0.25, -0.2) is 0 Å². The molecule has 0 saturated carbocycles. The van der Waals surface area contributed by atoms with Gasteiger partial charge in [0.2, 0.25) is 5.91 Å². The topological polar surface area (TPSA) is 75.6 Å². The van der Waals surface area contributed by atoms with Crippen molar-refractivity contribution in [3.63, 3.8) is 0 Å². The highest BCUT2D eigenvalue weighted by Gasteiger charge is 2.14. The van der Waals surface area contributed by atoms with E-state index in [0.29, 0.717) is 13.2 Å². The fraction of sp³-hybridized carbons (Fsp3) is 0.818. The minimum absolute atomic E-state index is 0.0211. The van der Waals surface area contributed by atoms with Gasteiger partial charge < -0.3 is 15.2 Å². The van der Waals surface area contributed by atoms with Crippen LogP contribution in [0.2, 0.25) is 0 Å². The van der Waals surface area contributed by atoms with Gasteiger partial charge in [0.15, 0.2) is 0 Å². The molecule has 0 bridgehead atoms. The maximum Gasteiger partial charge on any atom is 0.303 e. The third-order valence-corrected chi connectivity index (χ3v) is 2.04. The van der Waals surface area contributed by atoms with E-state index < -0.39 is 5.97 Å². The predicted octanol–water partition coefficient (Wildman–Crippen LogP) is 1.03. The number of carbonyl (C=O) groups excluding carboxylic acids is 1. The number of rotatable bonds is 8. The summed E-state index contributed by atoms with van der Waals surface area (Å²) in [5, 5.41) is 11.3. The van der Waals surface area contributed by atoms with Crippen LogP contribution in [0.5, 0.6) is 0 Å². The fourth-order valence-electron chi connectivity index (χ4n) is 1.36. The monoisotopic (exact) mass is 231 g/mol. The lowest BCUT2D eigenvalue weighted by atomic mass is 10.0. The summed E-state index contributed by atoms with van der Waals surface area (Å²) in [4.78, 5) is 21.9. The molecule has 0 spiro atoms. The Bertz CT molecular complexity index is 230. The molecule has 0 fully saturated rings. The minimum Gasteiger partial charge on any atom is -0.481 e. The van der Waals surface area contributed by atoms with Gasteiger partial charge in [0, 0.05) is 25.5 Å². The molecule has 0 aliphatic carbocycles. The van der Waals surface area contributed by atoms with E-state index in [0.717, 1.165) is 0 Å². The Morgan fingerprint density at radius 1 is 1.31 bits per heavy atom. The third-order valence-electron chi connectivity index (χ3n) is 2.04. The van der Waals surface area contributed by atoms with Crippen LogP contribution in [0.25, 0.3) is 0 Å². The van der Waals surface area contributed by atoms with E-state index in [1.54, 1.807) is 6.92 Å². The number of carboxylic acid groups (broad SMARTS) is 1. The van der Waals surface area contributed by atoms with Crippen molar-refractivity contribution >= 4 is 11.9 Å². The molecule has 16 heavy (non-hydrogen) atoms. The summed E-state index contributed by atoms with van der Waals surface area (Å²) in [6.45, 7) is 6.60. The summed E-state index contributed by atoms with van der Waals surface area (Å²) in [5.41, 5.74) is 0. The van der Waals surface area contributed by atoms with Crippen molar-refractivity contribution < 1.29 is 19.4 Å². The second kappa shape index (κ2) is 8.10. The molecule has 0 aromatic carbocycles. The van der Waals surface area contributed by atoms with Crippen LogP contribution < -0.4 is 5.32 Å². The van der Waals surface area contributed by atoms with Crippen LogP contribution >= 0.6 is 0 Å². The summed E-state index contributed by atoms with van der Waals surface area (Å²) >= 11 is 0. The Morgan fingerprint density at radius 3 is 2.44 bits per heavy atom. The van der Waals surface area contributed by atoms with E-state index in [9.17, 15) is 9.59 Å². The first-order chi connectivity index (χ1) is 7.45. The van der Waals surface area contributed by atoms with Crippen molar-refractivity contribution in [2.75, 3.05) is 13.2 Å². The van der Waals surface area contributed by atoms with Gasteiger partial charge in [0.1, 0.15) is 0 Å². The molecule has 2 N–H and O–H groups in total. The first-order valence-corrected chi connectivity index (χ1v) is 5.54. The molecule has 0 radical (unpaired) electrons. The van der Waals surface area contributed by atoms with Gasteiger partial charge in [-0.3, -0.25) is 9.59 Å². The summed E-state index contributed by atoms with van der Waals surface area (Å²) in [5.74, 6) is -1.14. The number of ether oxygens (including phenoxy) is 1. The predicted molar refractivity (Wildman–Crippen MR) is 60.1 cm³/mol. The number of carbonyl (C=O) groups is 2. The number of carboxylic acids is 1. The van der Waals surface area contributed by atoms with E-state index in [4.69, 9.17) is 9.84 Å². The van der Waals surface area contributed by atoms with Crippen molar-refractivity contribution in [3.05, 3.63) is 0 Å². The molecule has 94 valence electrons. The van der Waals surface area contributed by atoms with Gasteiger partial charge in [-0.1, -0.05) is 6.92 Å². The molecule has 0 heterocycles. The number of aliphatic carboxylic acids is 1. The maximum atomic E-state index is 11.4. The first kappa shape index (κ1) is 14.9. The first-order valence-electron chi connectivity index (χ1n) is 5.54. The highest BCUT2D eigenvalue weighted by molar-refractivity contribution is 5.77. The summed E-state index contributed by atoms with van der Waals surface area (Å²) in [6, 6.07) is -0.0375. The molecule has 0 aromatic rings. The van der Waals surface area contributed by atoms with Gasteiger partial charge in [-0.05, 0) is 19.8 Å². The molecule has 2 unspecified atom stereocenters. The van der Waals surface area contributed by atoms with E-state index in [1.165, 1.54) is 0 Å². The molecule has 2 atom stereocenters. The molecular formula is C11H21NO4.